The van der Waals surface area contributed by atoms with E-state index in [1.54, 1.807) is 36.0 Å². The SMILES string of the molecule is CC[C@H](C)[C@H](NC(=O)[C@H]1CCCCN1C)C(=O)N(CCCCc1cn(CCCC(=O)O)nn1)[C@H](C[C@@H](OC(C)=O)c1nc(C(=O)N[C@@H](Cc2ccc(N)cc2)CC(C)(C)C(=O)O)cs1)C(C)C. The predicted molar refractivity (Wildman–Crippen MR) is 255 cm³/mol. The largest absolute Gasteiger partial charge is 0.481 e. The number of rotatable bonds is 27. The molecular formula is C48H73N9O9S. The Labute approximate surface area is 398 Å². The van der Waals surface area contributed by atoms with Crippen LogP contribution >= 0.6 is 11.3 Å². The maximum Gasteiger partial charge on any atom is 0.309 e. The summed E-state index contributed by atoms with van der Waals surface area (Å²) in [5.74, 6) is -3.72. The van der Waals surface area contributed by atoms with E-state index in [0.717, 1.165) is 42.0 Å². The zero-order chi connectivity index (χ0) is 49.4. The molecule has 67 heavy (non-hydrogen) atoms. The first-order chi connectivity index (χ1) is 31.7. The summed E-state index contributed by atoms with van der Waals surface area (Å²) in [5, 5.41) is 35.5. The number of esters is 1. The lowest BCUT2D eigenvalue weighted by Crippen LogP contribution is -2.59. The van der Waals surface area contributed by atoms with Gasteiger partial charge in [0.25, 0.3) is 5.91 Å². The van der Waals surface area contributed by atoms with Crippen LogP contribution in [0.3, 0.4) is 0 Å². The first-order valence-corrected chi connectivity index (χ1v) is 24.5. The lowest BCUT2D eigenvalue weighted by Gasteiger charge is -2.40. The number of carboxylic acid groups (broad SMARTS) is 2. The van der Waals surface area contributed by atoms with E-state index in [1.807, 2.05) is 62.9 Å². The maximum absolute atomic E-state index is 15.1. The number of aryl methyl sites for hydroxylation is 2. The summed E-state index contributed by atoms with van der Waals surface area (Å²) in [7, 11) is 1.93. The van der Waals surface area contributed by atoms with E-state index < -0.39 is 53.5 Å². The van der Waals surface area contributed by atoms with Crippen molar-refractivity contribution in [3.05, 3.63) is 57.8 Å². The van der Waals surface area contributed by atoms with Crippen molar-refractivity contribution in [2.45, 2.75) is 162 Å². The Balaban J connectivity index is 1.62. The van der Waals surface area contributed by atoms with Crippen molar-refractivity contribution in [3.63, 3.8) is 0 Å². The van der Waals surface area contributed by atoms with Gasteiger partial charge in [-0.1, -0.05) is 57.9 Å². The van der Waals surface area contributed by atoms with Crippen LogP contribution in [0.25, 0.3) is 0 Å². The molecule has 0 saturated carbocycles. The van der Waals surface area contributed by atoms with Crippen molar-refractivity contribution in [1.29, 1.82) is 0 Å². The summed E-state index contributed by atoms with van der Waals surface area (Å²) >= 11 is 1.15. The van der Waals surface area contributed by atoms with Gasteiger partial charge >= 0.3 is 17.9 Å². The van der Waals surface area contributed by atoms with Gasteiger partial charge in [0.1, 0.15) is 16.7 Å². The fourth-order valence-corrected chi connectivity index (χ4v) is 9.33. The number of benzene rings is 1. The van der Waals surface area contributed by atoms with Gasteiger partial charge in [0, 0.05) is 62.2 Å². The van der Waals surface area contributed by atoms with E-state index in [-0.39, 0.29) is 54.6 Å². The number of unbranched alkanes of at least 4 members (excludes halogenated alkanes) is 1. The molecule has 1 aliphatic heterocycles. The molecule has 1 aromatic carbocycles. The molecule has 3 amide bonds. The normalized spacial score (nSPS) is 16.6. The molecule has 0 spiro atoms. The smallest absolute Gasteiger partial charge is 0.309 e. The van der Waals surface area contributed by atoms with E-state index in [1.165, 1.54) is 6.92 Å². The molecule has 6 atom stereocenters. The van der Waals surface area contributed by atoms with E-state index in [4.69, 9.17) is 15.6 Å². The van der Waals surface area contributed by atoms with Gasteiger partial charge in [-0.25, -0.2) is 4.98 Å². The molecule has 4 rings (SSSR count). The number of aromatic nitrogens is 4. The molecule has 1 fully saturated rings. The summed E-state index contributed by atoms with van der Waals surface area (Å²) < 4.78 is 7.59. The fourth-order valence-electron chi connectivity index (χ4n) is 8.49. The number of anilines is 1. The van der Waals surface area contributed by atoms with Crippen molar-refractivity contribution in [2.75, 3.05) is 25.9 Å². The van der Waals surface area contributed by atoms with Gasteiger partial charge in [0.15, 0.2) is 6.10 Å². The average Bonchev–Trinajstić information content (AvgIpc) is 3.95. The molecule has 18 nitrogen and oxygen atoms in total. The van der Waals surface area contributed by atoms with Crippen LogP contribution < -0.4 is 16.4 Å². The molecule has 0 unspecified atom stereocenters. The summed E-state index contributed by atoms with van der Waals surface area (Å²) in [6, 6.07) is 4.92. The van der Waals surface area contributed by atoms with Gasteiger partial charge in [-0.15, -0.1) is 16.4 Å². The second-order valence-corrected chi connectivity index (χ2v) is 19.9. The lowest BCUT2D eigenvalue weighted by molar-refractivity contribution is -0.150. The van der Waals surface area contributed by atoms with Crippen LogP contribution in [-0.4, -0.2) is 120 Å². The van der Waals surface area contributed by atoms with Crippen molar-refractivity contribution in [2.24, 2.45) is 17.3 Å². The number of ether oxygens (including phenoxy) is 1. The molecule has 1 saturated heterocycles. The quantitative estimate of drug-likeness (QED) is 0.0339. The van der Waals surface area contributed by atoms with E-state index >= 15 is 4.79 Å². The number of amides is 3. The molecule has 6 N–H and O–H groups in total. The molecule has 1 aliphatic rings. The zero-order valence-corrected chi connectivity index (χ0v) is 41.3. The number of carbonyl (C=O) groups excluding carboxylic acids is 4. The topological polar surface area (TPSA) is 252 Å². The minimum atomic E-state index is -1.15. The number of thiazole rings is 1. The lowest BCUT2D eigenvalue weighted by atomic mass is 9.84. The number of aliphatic carboxylic acids is 2. The highest BCUT2D eigenvalue weighted by molar-refractivity contribution is 7.09. The minimum absolute atomic E-state index is 0.0318. The molecule has 0 bridgehead atoms. The number of hydrogen-bond donors (Lipinski definition) is 5. The first-order valence-electron chi connectivity index (χ1n) is 23.6. The average molecular weight is 952 g/mol. The Kier molecular flexibility index (Phi) is 20.7. The number of nitrogens with two attached hydrogens (primary N) is 1. The van der Waals surface area contributed by atoms with Gasteiger partial charge in [0.05, 0.1) is 17.2 Å². The standard InChI is InChI=1S/C48H73N9O9S/c1-9-31(4)42(52-44(62)38-16-11-12-22-55(38)8)46(63)57(24-13-10-15-35-28-56(54-53-35)23-14-17-41(59)60)39(30(2)3)26-40(66-32(5)58)45-51-37(29-67-45)43(61)50-36(27-48(6,7)47(64)65)25-33-18-20-34(49)21-19-33/h18-21,28-31,36,38-40,42H,9-17,22-27,49H2,1-8H3,(H,50,61)(H,52,62)(H,59,60)(H,64,65)/t31-,36-,38+,39+,40+,42-/m0/s1. The molecular weight excluding hydrogens is 879 g/mol. The molecule has 370 valence electrons. The van der Waals surface area contributed by atoms with Crippen LogP contribution in [0.1, 0.15) is 146 Å². The summed E-state index contributed by atoms with van der Waals surface area (Å²) in [5.41, 5.74) is 7.01. The summed E-state index contributed by atoms with van der Waals surface area (Å²) in [6.45, 7) is 14.0. The zero-order valence-electron chi connectivity index (χ0n) is 40.5. The number of carbonyl (C=O) groups is 6. The van der Waals surface area contributed by atoms with E-state index in [2.05, 4.69) is 25.9 Å². The van der Waals surface area contributed by atoms with Gasteiger partial charge in [-0.05, 0) is 108 Å². The molecule has 0 aliphatic carbocycles. The number of hydrogen-bond acceptors (Lipinski definition) is 13. The number of likely N-dealkylation sites (tertiary alicyclic amines) is 1. The Bertz CT molecular complexity index is 2110. The second kappa shape index (κ2) is 25.6. The molecule has 3 heterocycles. The van der Waals surface area contributed by atoms with Crippen molar-refractivity contribution >= 4 is 52.7 Å². The molecule has 2 aromatic heterocycles. The predicted octanol–water partition coefficient (Wildman–Crippen LogP) is 5.91. The van der Waals surface area contributed by atoms with Crippen LogP contribution in [0.5, 0.6) is 0 Å². The second-order valence-electron chi connectivity index (χ2n) is 19.0. The Hall–Kier alpha value is -5.43. The minimum Gasteiger partial charge on any atom is -0.481 e. The number of nitrogens with one attached hydrogen (secondary N) is 2. The van der Waals surface area contributed by atoms with Gasteiger partial charge in [-0.2, -0.15) is 0 Å². The highest BCUT2D eigenvalue weighted by Crippen LogP contribution is 2.32. The third-order valence-electron chi connectivity index (χ3n) is 12.7. The fraction of sp³-hybridized carbons (Fsp3) is 0.646. The van der Waals surface area contributed by atoms with E-state index in [0.29, 0.717) is 68.7 Å². The summed E-state index contributed by atoms with van der Waals surface area (Å²) in [4.78, 5) is 87.4. The third-order valence-corrected chi connectivity index (χ3v) is 13.6. The Morgan fingerprint density at radius 2 is 1.75 bits per heavy atom. The van der Waals surface area contributed by atoms with Crippen molar-refractivity contribution < 1.29 is 43.7 Å². The van der Waals surface area contributed by atoms with E-state index in [9.17, 15) is 29.1 Å². The van der Waals surface area contributed by atoms with Crippen molar-refractivity contribution in [1.82, 2.24) is 40.4 Å². The van der Waals surface area contributed by atoms with Crippen molar-refractivity contribution in [3.8, 4) is 0 Å². The summed E-state index contributed by atoms with van der Waals surface area (Å²) in [6.07, 6.45) is 7.02. The molecule has 0 radical (unpaired) electrons. The van der Waals surface area contributed by atoms with Crippen LogP contribution in [0, 0.1) is 17.3 Å². The third kappa shape index (κ3) is 16.7. The number of carboxylic acids is 2. The maximum atomic E-state index is 15.1. The number of piperidine rings is 1. The number of nitrogens with zero attached hydrogens (tertiary/aromatic N) is 6. The number of likely N-dealkylation sites (N-methyl/N-ethyl adjacent to an activating group) is 1. The Morgan fingerprint density at radius 3 is 2.37 bits per heavy atom. The Morgan fingerprint density at radius 1 is 1.03 bits per heavy atom. The van der Waals surface area contributed by atoms with Crippen LogP contribution in [0.15, 0.2) is 35.8 Å². The van der Waals surface area contributed by atoms with Gasteiger partial charge in [-0.3, -0.25) is 38.3 Å². The van der Waals surface area contributed by atoms with Crippen LogP contribution in [-0.2, 0) is 48.1 Å². The number of nitrogen functional groups attached to an aromatic ring is 1. The molecule has 19 heteroatoms. The molecule has 3 aromatic rings. The highest BCUT2D eigenvalue weighted by Gasteiger charge is 2.39. The monoisotopic (exact) mass is 952 g/mol. The van der Waals surface area contributed by atoms with Crippen LogP contribution in [0.2, 0.25) is 0 Å². The first kappa shape index (κ1) is 54.2. The highest BCUT2D eigenvalue weighted by atomic mass is 32.1. The van der Waals surface area contributed by atoms with Gasteiger partial charge < -0.3 is 36.2 Å². The van der Waals surface area contributed by atoms with Crippen LogP contribution in [0.4, 0.5) is 5.69 Å². The van der Waals surface area contributed by atoms with Gasteiger partial charge in [0.2, 0.25) is 11.8 Å².